The SMILES string of the molecule is COc1cc(OCCCO)c(F)c(C(Nc2ccc(C(=N)N)c(OC(C)=O)c2)c2nn(-c3ncccc3N)c(=O)[nH]2)c1. The quantitative estimate of drug-likeness (QED) is 0.0467. The van der Waals surface area contributed by atoms with Crippen LogP contribution in [0.25, 0.3) is 5.82 Å². The Morgan fingerprint density at radius 1 is 1.26 bits per heavy atom. The summed E-state index contributed by atoms with van der Waals surface area (Å²) >= 11 is 0. The fraction of sp³-hybridized carbons (Fsp3) is 0.222. The van der Waals surface area contributed by atoms with Gasteiger partial charge in [-0.3, -0.25) is 15.2 Å². The minimum atomic E-state index is -1.19. The number of aliphatic hydroxyl groups excluding tert-OH is 1. The van der Waals surface area contributed by atoms with Crippen LogP contribution < -0.4 is 36.7 Å². The molecule has 0 spiro atoms. The number of hydrogen-bond acceptors (Lipinski definition) is 11. The molecule has 0 aliphatic rings. The molecule has 8 N–H and O–H groups in total. The normalized spacial score (nSPS) is 11.5. The zero-order chi connectivity index (χ0) is 30.4. The molecular formula is C27H29FN8O6. The average Bonchev–Trinajstić information content (AvgIpc) is 3.33. The predicted octanol–water partition coefficient (Wildman–Crippen LogP) is 1.86. The van der Waals surface area contributed by atoms with Gasteiger partial charge in [0.15, 0.2) is 23.2 Å². The maximum atomic E-state index is 16.0. The Labute approximate surface area is 238 Å². The summed E-state index contributed by atoms with van der Waals surface area (Å²) in [6, 6.07) is 9.07. The highest BCUT2D eigenvalue weighted by Gasteiger charge is 2.27. The molecule has 4 aromatic rings. The Hall–Kier alpha value is -5.44. The molecule has 42 heavy (non-hydrogen) atoms. The Morgan fingerprint density at radius 2 is 2.05 bits per heavy atom. The molecule has 0 fully saturated rings. The summed E-state index contributed by atoms with van der Waals surface area (Å²) in [6.45, 7) is 1.07. The van der Waals surface area contributed by atoms with Gasteiger partial charge >= 0.3 is 11.7 Å². The third kappa shape index (κ3) is 6.47. The monoisotopic (exact) mass is 580 g/mol. The zero-order valence-electron chi connectivity index (χ0n) is 22.7. The summed E-state index contributed by atoms with van der Waals surface area (Å²) in [6.07, 6.45) is 1.70. The van der Waals surface area contributed by atoms with Crippen molar-refractivity contribution in [1.29, 1.82) is 5.41 Å². The van der Waals surface area contributed by atoms with Gasteiger partial charge in [-0.2, -0.15) is 4.68 Å². The molecule has 14 nitrogen and oxygen atoms in total. The standard InChI is InChI=1S/C27H29FN8O6/c1-14(38)42-20-11-15(6-7-17(20)24(30)31)33-23(18-12-16(40-2)13-21(22(18)28)41-10-4-9-37)25-34-27(39)36(35-25)26-19(29)5-3-8-32-26/h3,5-8,11-13,23,33,37H,4,9-10,29H2,1-2H3,(H3,30,31)(H,34,35,39). The number of nitrogens with two attached hydrogens (primary N) is 2. The van der Waals surface area contributed by atoms with E-state index in [0.29, 0.717) is 5.69 Å². The first-order valence-electron chi connectivity index (χ1n) is 12.6. The minimum absolute atomic E-state index is 0.0156. The van der Waals surface area contributed by atoms with Gasteiger partial charge in [0.2, 0.25) is 0 Å². The zero-order valence-corrected chi connectivity index (χ0v) is 22.7. The van der Waals surface area contributed by atoms with Crippen molar-refractivity contribution >= 4 is 23.2 Å². The van der Waals surface area contributed by atoms with Crippen LogP contribution in [0.1, 0.15) is 36.3 Å². The second-order valence-electron chi connectivity index (χ2n) is 8.89. The Morgan fingerprint density at radius 3 is 2.71 bits per heavy atom. The summed E-state index contributed by atoms with van der Waals surface area (Å²) in [7, 11) is 1.39. The van der Waals surface area contributed by atoms with E-state index >= 15 is 4.39 Å². The molecule has 0 aliphatic carbocycles. The summed E-state index contributed by atoms with van der Waals surface area (Å²) in [5, 5.41) is 24.4. The third-order valence-electron chi connectivity index (χ3n) is 5.91. The van der Waals surface area contributed by atoms with Crippen molar-refractivity contribution < 1.29 is 28.5 Å². The van der Waals surface area contributed by atoms with Crippen molar-refractivity contribution in [3.05, 3.63) is 81.9 Å². The fourth-order valence-corrected chi connectivity index (χ4v) is 4.01. The highest BCUT2D eigenvalue weighted by atomic mass is 19.1. The molecule has 0 saturated carbocycles. The van der Waals surface area contributed by atoms with Crippen LogP contribution in [-0.2, 0) is 4.79 Å². The first kappa shape index (κ1) is 29.5. The van der Waals surface area contributed by atoms with Crippen LogP contribution >= 0.6 is 0 Å². The molecule has 2 heterocycles. The van der Waals surface area contributed by atoms with E-state index in [1.165, 1.54) is 50.6 Å². The molecule has 0 radical (unpaired) electrons. The highest BCUT2D eigenvalue weighted by Crippen LogP contribution is 2.36. The number of nitrogen functional groups attached to an aromatic ring is 2. The number of carbonyl (C=O) groups excluding carboxylic acids is 1. The second-order valence-corrected chi connectivity index (χ2v) is 8.89. The van der Waals surface area contributed by atoms with Crippen LogP contribution in [0, 0.1) is 11.2 Å². The van der Waals surface area contributed by atoms with Gasteiger partial charge in [0.25, 0.3) is 0 Å². The van der Waals surface area contributed by atoms with Gasteiger partial charge in [-0.25, -0.2) is 14.2 Å². The van der Waals surface area contributed by atoms with Crippen LogP contribution in [0.4, 0.5) is 15.8 Å². The van der Waals surface area contributed by atoms with Crippen LogP contribution in [0.3, 0.4) is 0 Å². The molecule has 0 saturated heterocycles. The molecule has 4 rings (SSSR count). The molecule has 220 valence electrons. The number of aliphatic hydroxyl groups is 1. The summed E-state index contributed by atoms with van der Waals surface area (Å²) in [5.41, 5.74) is 11.5. The lowest BCUT2D eigenvalue weighted by atomic mass is 10.0. The van der Waals surface area contributed by atoms with Gasteiger partial charge in [-0.1, -0.05) is 0 Å². The van der Waals surface area contributed by atoms with E-state index < -0.39 is 23.5 Å². The maximum absolute atomic E-state index is 16.0. The first-order chi connectivity index (χ1) is 20.1. The minimum Gasteiger partial charge on any atom is -0.497 e. The van der Waals surface area contributed by atoms with E-state index in [1.54, 1.807) is 12.1 Å². The fourth-order valence-electron chi connectivity index (χ4n) is 4.01. The summed E-state index contributed by atoms with van der Waals surface area (Å²) in [4.78, 5) is 31.4. The maximum Gasteiger partial charge on any atom is 0.349 e. The number of rotatable bonds is 12. The summed E-state index contributed by atoms with van der Waals surface area (Å²) in [5.74, 6) is -1.69. The Balaban J connectivity index is 1.88. The number of ether oxygens (including phenoxy) is 3. The van der Waals surface area contributed by atoms with Crippen LogP contribution in [-0.4, -0.2) is 57.0 Å². The first-order valence-corrected chi connectivity index (χ1v) is 12.6. The number of hydrogen-bond donors (Lipinski definition) is 6. The molecular weight excluding hydrogens is 551 g/mol. The molecule has 2 aromatic carbocycles. The number of aromatic amines is 1. The molecule has 15 heteroatoms. The lowest BCUT2D eigenvalue weighted by Gasteiger charge is -2.22. The number of carbonyl (C=O) groups is 1. The lowest BCUT2D eigenvalue weighted by molar-refractivity contribution is -0.131. The molecule has 1 unspecified atom stereocenters. The number of aromatic nitrogens is 4. The van der Waals surface area contributed by atoms with Gasteiger partial charge in [-0.05, 0) is 30.3 Å². The van der Waals surface area contributed by atoms with Crippen LogP contribution in [0.2, 0.25) is 0 Å². The average molecular weight is 581 g/mol. The molecule has 2 aromatic heterocycles. The number of esters is 1. The van der Waals surface area contributed by atoms with Gasteiger partial charge in [0.1, 0.15) is 23.4 Å². The third-order valence-corrected chi connectivity index (χ3v) is 5.91. The van der Waals surface area contributed by atoms with E-state index in [-0.39, 0.29) is 71.2 Å². The number of nitrogens with one attached hydrogen (secondary N) is 3. The number of amidine groups is 1. The number of halogens is 1. The lowest BCUT2D eigenvalue weighted by Crippen LogP contribution is -2.19. The number of pyridine rings is 1. The van der Waals surface area contributed by atoms with E-state index in [2.05, 4.69) is 20.4 Å². The summed E-state index contributed by atoms with van der Waals surface area (Å²) < 4.78 is 33.1. The van der Waals surface area contributed by atoms with E-state index in [0.717, 1.165) is 4.68 Å². The van der Waals surface area contributed by atoms with Gasteiger partial charge in [0.05, 0.1) is 25.0 Å². The Kier molecular flexibility index (Phi) is 9.02. The van der Waals surface area contributed by atoms with Gasteiger partial charge in [-0.15, -0.1) is 5.10 Å². The number of benzene rings is 2. The van der Waals surface area contributed by atoms with Crippen molar-refractivity contribution in [2.75, 3.05) is 31.4 Å². The van der Waals surface area contributed by atoms with E-state index in [1.807, 2.05) is 0 Å². The van der Waals surface area contributed by atoms with Gasteiger partial charge in [0, 0.05) is 49.5 Å². The van der Waals surface area contributed by atoms with E-state index in [9.17, 15) is 9.59 Å². The molecule has 0 aliphatic heterocycles. The van der Waals surface area contributed by atoms with Crippen molar-refractivity contribution in [3.63, 3.8) is 0 Å². The number of methoxy groups -OCH3 is 1. The number of H-pyrrole nitrogens is 1. The van der Waals surface area contributed by atoms with Crippen molar-refractivity contribution in [3.8, 4) is 23.1 Å². The van der Waals surface area contributed by atoms with Crippen LogP contribution in [0.15, 0.2) is 53.5 Å². The smallest absolute Gasteiger partial charge is 0.349 e. The Bertz CT molecular complexity index is 1670. The van der Waals surface area contributed by atoms with Gasteiger partial charge < -0.3 is 36.1 Å². The van der Waals surface area contributed by atoms with E-state index in [4.69, 9.17) is 36.2 Å². The van der Waals surface area contributed by atoms with Crippen molar-refractivity contribution in [2.45, 2.75) is 19.4 Å². The topological polar surface area (TPSA) is 216 Å². The van der Waals surface area contributed by atoms with Crippen molar-refractivity contribution in [1.82, 2.24) is 19.7 Å². The molecule has 0 amide bonds. The highest BCUT2D eigenvalue weighted by molar-refractivity contribution is 5.98. The largest absolute Gasteiger partial charge is 0.497 e. The number of anilines is 2. The molecule has 0 bridgehead atoms. The van der Waals surface area contributed by atoms with Crippen molar-refractivity contribution in [2.24, 2.45) is 5.73 Å². The predicted molar refractivity (Wildman–Crippen MR) is 151 cm³/mol. The second kappa shape index (κ2) is 12.8. The number of nitrogens with zero attached hydrogens (tertiary/aromatic N) is 3. The molecule has 1 atom stereocenters. The van der Waals surface area contributed by atoms with Crippen LogP contribution in [0.5, 0.6) is 17.2 Å².